The Kier molecular flexibility index (Phi) is 4.97. The minimum absolute atomic E-state index is 0.217. The molecule has 5 nitrogen and oxygen atoms in total. The number of rotatable bonds is 4. The lowest BCUT2D eigenvalue weighted by Gasteiger charge is -2.29. The van der Waals surface area contributed by atoms with Gasteiger partial charge in [-0.1, -0.05) is 6.42 Å². The molecule has 2 aliphatic rings. The maximum absolute atomic E-state index is 11.6. The van der Waals surface area contributed by atoms with Crippen molar-refractivity contribution < 1.29 is 14.6 Å². The van der Waals surface area contributed by atoms with Crippen LogP contribution in [0.15, 0.2) is 0 Å². The van der Waals surface area contributed by atoms with E-state index in [1.165, 1.54) is 39.5 Å². The van der Waals surface area contributed by atoms with Gasteiger partial charge in [0.1, 0.15) is 6.04 Å². The molecule has 0 aromatic rings. The number of carbonyl (C=O) groups is 1. The first-order valence-electron chi connectivity index (χ1n) is 6.93. The molecule has 18 heavy (non-hydrogen) atoms. The smallest absolute Gasteiger partial charge is 0.323 e. The number of aliphatic hydroxyl groups excluding tert-OH is 1. The number of methoxy groups -OCH3 is 1. The highest BCUT2D eigenvalue weighted by Gasteiger charge is 2.36. The van der Waals surface area contributed by atoms with Crippen LogP contribution in [0.3, 0.4) is 0 Å². The van der Waals surface area contributed by atoms with Gasteiger partial charge in [0.25, 0.3) is 0 Å². The third-order valence-corrected chi connectivity index (χ3v) is 4.01. The van der Waals surface area contributed by atoms with E-state index in [1.54, 1.807) is 0 Å². The Bertz CT molecular complexity index is 279. The number of esters is 1. The average Bonchev–Trinajstić information content (AvgIpc) is 2.78. The molecule has 104 valence electrons. The fourth-order valence-corrected chi connectivity index (χ4v) is 2.96. The van der Waals surface area contributed by atoms with Gasteiger partial charge >= 0.3 is 5.97 Å². The molecule has 2 saturated heterocycles. The maximum Gasteiger partial charge on any atom is 0.323 e. The Hall–Kier alpha value is -0.650. The predicted octanol–water partition coefficient (Wildman–Crippen LogP) is 0.0805. The van der Waals surface area contributed by atoms with Crippen LogP contribution in [0.5, 0.6) is 0 Å². The van der Waals surface area contributed by atoms with E-state index in [4.69, 9.17) is 4.74 Å². The van der Waals surface area contributed by atoms with Gasteiger partial charge in [-0.2, -0.15) is 0 Å². The summed E-state index contributed by atoms with van der Waals surface area (Å²) >= 11 is 0. The summed E-state index contributed by atoms with van der Waals surface area (Å²) in [6, 6.07) is -0.255. The number of likely N-dealkylation sites (tertiary alicyclic amines) is 2. The summed E-state index contributed by atoms with van der Waals surface area (Å²) in [6.45, 7) is 4.75. The lowest BCUT2D eigenvalue weighted by atomic mass is 10.1. The van der Waals surface area contributed by atoms with Gasteiger partial charge in [0.15, 0.2) is 0 Å². The molecule has 1 N–H and O–H groups in total. The van der Waals surface area contributed by atoms with Crippen LogP contribution in [0.1, 0.15) is 25.7 Å². The fourth-order valence-electron chi connectivity index (χ4n) is 2.96. The number of piperidine rings is 1. The molecular formula is C13H24N2O3. The zero-order valence-electron chi connectivity index (χ0n) is 11.2. The molecule has 2 aliphatic heterocycles. The predicted molar refractivity (Wildman–Crippen MR) is 68.3 cm³/mol. The van der Waals surface area contributed by atoms with Crippen molar-refractivity contribution >= 4 is 5.97 Å². The summed E-state index contributed by atoms with van der Waals surface area (Å²) in [5.74, 6) is -0.217. The molecule has 0 aliphatic carbocycles. The van der Waals surface area contributed by atoms with Crippen LogP contribution in [0, 0.1) is 0 Å². The van der Waals surface area contributed by atoms with Gasteiger partial charge in [0.2, 0.25) is 0 Å². The molecule has 0 radical (unpaired) electrons. The van der Waals surface area contributed by atoms with Crippen molar-refractivity contribution in [3.05, 3.63) is 0 Å². The average molecular weight is 256 g/mol. The second kappa shape index (κ2) is 6.50. The van der Waals surface area contributed by atoms with Crippen molar-refractivity contribution in [2.75, 3.05) is 39.8 Å². The van der Waals surface area contributed by atoms with E-state index >= 15 is 0 Å². The van der Waals surface area contributed by atoms with Crippen LogP contribution in [0.4, 0.5) is 0 Å². The van der Waals surface area contributed by atoms with Crippen LogP contribution in [0.25, 0.3) is 0 Å². The SMILES string of the molecule is COC(=O)[C@@H]1C[C@@H](O)CN1CCN1CCCCC1. The molecule has 2 rings (SSSR count). The number of nitrogens with zero attached hydrogens (tertiary/aromatic N) is 2. The molecule has 0 saturated carbocycles. The second-order valence-corrected chi connectivity index (χ2v) is 5.33. The monoisotopic (exact) mass is 256 g/mol. The standard InChI is InChI=1S/C13H24N2O3/c1-18-13(17)12-9-11(16)10-15(12)8-7-14-5-3-2-4-6-14/h11-12,16H,2-10H2,1H3/t11-,12+/m1/s1. The van der Waals surface area contributed by atoms with Crippen LogP contribution in [-0.2, 0) is 9.53 Å². The van der Waals surface area contributed by atoms with Gasteiger partial charge in [-0.3, -0.25) is 9.69 Å². The van der Waals surface area contributed by atoms with E-state index < -0.39 is 6.10 Å². The minimum Gasteiger partial charge on any atom is -0.468 e. The first-order chi connectivity index (χ1) is 8.70. The second-order valence-electron chi connectivity index (χ2n) is 5.33. The lowest BCUT2D eigenvalue weighted by molar-refractivity contribution is -0.146. The molecule has 0 spiro atoms. The third-order valence-electron chi connectivity index (χ3n) is 4.01. The van der Waals surface area contributed by atoms with Gasteiger partial charge in [-0.25, -0.2) is 0 Å². The highest BCUT2D eigenvalue weighted by atomic mass is 16.5. The van der Waals surface area contributed by atoms with Gasteiger partial charge in [-0.15, -0.1) is 0 Å². The number of carbonyl (C=O) groups excluding carboxylic acids is 1. The van der Waals surface area contributed by atoms with E-state index in [2.05, 4.69) is 9.80 Å². The Morgan fingerprint density at radius 3 is 2.67 bits per heavy atom. The molecule has 0 unspecified atom stereocenters. The van der Waals surface area contributed by atoms with Crippen LogP contribution < -0.4 is 0 Å². The molecule has 0 bridgehead atoms. The summed E-state index contributed by atoms with van der Waals surface area (Å²) in [7, 11) is 1.41. The van der Waals surface area contributed by atoms with E-state index in [9.17, 15) is 9.90 Å². The molecule has 0 amide bonds. The van der Waals surface area contributed by atoms with Crippen molar-refractivity contribution in [3.8, 4) is 0 Å². The first-order valence-corrected chi connectivity index (χ1v) is 6.93. The van der Waals surface area contributed by atoms with Crippen molar-refractivity contribution in [1.82, 2.24) is 9.80 Å². The highest BCUT2D eigenvalue weighted by molar-refractivity contribution is 5.76. The summed E-state index contributed by atoms with van der Waals surface area (Å²) in [5.41, 5.74) is 0. The van der Waals surface area contributed by atoms with Crippen LogP contribution in [-0.4, -0.2) is 72.9 Å². The molecular weight excluding hydrogens is 232 g/mol. The molecule has 2 fully saturated rings. The lowest BCUT2D eigenvalue weighted by Crippen LogP contribution is -2.43. The van der Waals surface area contributed by atoms with Gasteiger partial charge in [0, 0.05) is 26.1 Å². The Labute approximate surface area is 109 Å². The number of β-amino-alcohol motifs (C(OH)–C–C–N with tert-alkyl or cyclic N) is 1. The van der Waals surface area contributed by atoms with Crippen LogP contribution >= 0.6 is 0 Å². The zero-order valence-corrected chi connectivity index (χ0v) is 11.2. The Morgan fingerprint density at radius 2 is 2.00 bits per heavy atom. The van der Waals surface area contributed by atoms with Gasteiger partial charge in [-0.05, 0) is 25.9 Å². The van der Waals surface area contributed by atoms with Crippen molar-refractivity contribution in [2.45, 2.75) is 37.8 Å². The highest BCUT2D eigenvalue weighted by Crippen LogP contribution is 2.19. The third kappa shape index (κ3) is 3.43. The van der Waals surface area contributed by atoms with Crippen molar-refractivity contribution in [1.29, 1.82) is 0 Å². The molecule has 2 heterocycles. The largest absolute Gasteiger partial charge is 0.468 e. The maximum atomic E-state index is 11.6. The fraction of sp³-hybridized carbons (Fsp3) is 0.923. The summed E-state index contributed by atoms with van der Waals surface area (Å²) in [4.78, 5) is 16.1. The molecule has 0 aromatic carbocycles. The normalized spacial score (nSPS) is 30.6. The first kappa shape index (κ1) is 13.8. The molecule has 5 heteroatoms. The van der Waals surface area contributed by atoms with E-state index in [-0.39, 0.29) is 12.0 Å². The summed E-state index contributed by atoms with van der Waals surface area (Å²) < 4.78 is 4.80. The van der Waals surface area contributed by atoms with E-state index in [0.29, 0.717) is 13.0 Å². The van der Waals surface area contributed by atoms with Gasteiger partial charge < -0.3 is 14.7 Å². The summed E-state index contributed by atoms with van der Waals surface area (Å²) in [6.07, 6.45) is 4.01. The topological polar surface area (TPSA) is 53.0 Å². The van der Waals surface area contributed by atoms with Crippen molar-refractivity contribution in [3.63, 3.8) is 0 Å². The molecule has 2 atom stereocenters. The Balaban J connectivity index is 1.80. The number of ether oxygens (including phenoxy) is 1. The Morgan fingerprint density at radius 1 is 1.28 bits per heavy atom. The summed E-state index contributed by atoms with van der Waals surface area (Å²) in [5, 5.41) is 9.69. The number of hydrogen-bond donors (Lipinski definition) is 1. The minimum atomic E-state index is -0.393. The molecule has 0 aromatic heterocycles. The van der Waals surface area contributed by atoms with Crippen LogP contribution in [0.2, 0.25) is 0 Å². The number of hydrogen-bond acceptors (Lipinski definition) is 5. The van der Waals surface area contributed by atoms with Gasteiger partial charge in [0.05, 0.1) is 13.2 Å². The zero-order chi connectivity index (χ0) is 13.0. The number of aliphatic hydroxyl groups is 1. The van der Waals surface area contributed by atoms with E-state index in [0.717, 1.165) is 13.1 Å². The van der Waals surface area contributed by atoms with Crippen molar-refractivity contribution in [2.24, 2.45) is 0 Å². The van der Waals surface area contributed by atoms with E-state index in [1.807, 2.05) is 0 Å². The quantitative estimate of drug-likeness (QED) is 0.722.